The molecule has 2 saturated heterocycles. The van der Waals surface area contributed by atoms with Crippen molar-refractivity contribution in [2.45, 2.75) is 32.7 Å². The van der Waals surface area contributed by atoms with E-state index >= 15 is 0 Å². The molecular formula is C11H22N2. The molecule has 3 unspecified atom stereocenters. The highest BCUT2D eigenvalue weighted by atomic mass is 15.2. The third kappa shape index (κ3) is 2.23. The van der Waals surface area contributed by atoms with Gasteiger partial charge in [-0.2, -0.15) is 0 Å². The largest absolute Gasteiger partial charge is 0.313 e. The molecule has 2 nitrogen and oxygen atoms in total. The molecule has 1 N–H and O–H groups in total. The summed E-state index contributed by atoms with van der Waals surface area (Å²) in [6.07, 6.45) is 2.80. The fourth-order valence-electron chi connectivity index (χ4n) is 2.61. The van der Waals surface area contributed by atoms with E-state index in [-0.39, 0.29) is 0 Å². The lowest BCUT2D eigenvalue weighted by Gasteiger charge is -2.31. The average Bonchev–Trinajstić information content (AvgIpc) is 2.47. The van der Waals surface area contributed by atoms with Crippen LogP contribution >= 0.6 is 0 Å². The summed E-state index contributed by atoms with van der Waals surface area (Å²) in [5.74, 6) is 1.74. The van der Waals surface area contributed by atoms with Gasteiger partial charge in [0.1, 0.15) is 0 Å². The summed E-state index contributed by atoms with van der Waals surface area (Å²) < 4.78 is 0. The number of nitrogens with one attached hydrogen (secondary N) is 1. The van der Waals surface area contributed by atoms with Gasteiger partial charge in [-0.3, -0.25) is 0 Å². The van der Waals surface area contributed by atoms with Gasteiger partial charge >= 0.3 is 0 Å². The normalized spacial score (nSPS) is 38.5. The van der Waals surface area contributed by atoms with Crippen LogP contribution in [0.5, 0.6) is 0 Å². The Kier molecular flexibility index (Phi) is 2.89. The Hall–Kier alpha value is -0.0800. The zero-order valence-electron chi connectivity index (χ0n) is 8.92. The van der Waals surface area contributed by atoms with Gasteiger partial charge in [0, 0.05) is 12.6 Å². The zero-order valence-corrected chi connectivity index (χ0v) is 8.92. The number of rotatable bonds is 3. The highest BCUT2D eigenvalue weighted by Gasteiger charge is 2.33. The summed E-state index contributed by atoms with van der Waals surface area (Å²) >= 11 is 0. The maximum atomic E-state index is 3.72. The van der Waals surface area contributed by atoms with E-state index in [1.54, 1.807) is 0 Å². The van der Waals surface area contributed by atoms with Crippen molar-refractivity contribution in [3.05, 3.63) is 0 Å². The Bertz CT molecular complexity index is 167. The molecule has 0 radical (unpaired) electrons. The lowest BCUT2D eigenvalue weighted by molar-refractivity contribution is 0.218. The van der Waals surface area contributed by atoms with Gasteiger partial charge in [0.15, 0.2) is 0 Å². The van der Waals surface area contributed by atoms with Crippen LogP contribution in [0.25, 0.3) is 0 Å². The SMILES string of the molecule is CC(C)CNC1CCN2CCC1C2. The van der Waals surface area contributed by atoms with Crippen LogP contribution < -0.4 is 5.32 Å². The first-order valence-electron chi connectivity index (χ1n) is 5.71. The first-order chi connectivity index (χ1) is 6.25. The van der Waals surface area contributed by atoms with Gasteiger partial charge in [0.25, 0.3) is 0 Å². The number of hydrogen-bond donors (Lipinski definition) is 1. The molecule has 2 heteroatoms. The van der Waals surface area contributed by atoms with Crippen LogP contribution in [0, 0.1) is 11.8 Å². The van der Waals surface area contributed by atoms with Gasteiger partial charge in [-0.05, 0) is 44.3 Å². The van der Waals surface area contributed by atoms with E-state index in [1.165, 1.54) is 39.0 Å². The van der Waals surface area contributed by atoms with Crippen LogP contribution in [0.15, 0.2) is 0 Å². The van der Waals surface area contributed by atoms with Crippen LogP contribution in [0.3, 0.4) is 0 Å². The molecule has 2 heterocycles. The molecule has 2 rings (SSSR count). The third-order valence-electron chi connectivity index (χ3n) is 3.42. The fourth-order valence-corrected chi connectivity index (χ4v) is 2.61. The van der Waals surface area contributed by atoms with E-state index in [0.29, 0.717) is 0 Å². The van der Waals surface area contributed by atoms with Gasteiger partial charge < -0.3 is 10.2 Å². The molecule has 76 valence electrons. The molecule has 3 atom stereocenters. The van der Waals surface area contributed by atoms with E-state index in [0.717, 1.165) is 17.9 Å². The maximum absolute atomic E-state index is 3.72. The highest BCUT2D eigenvalue weighted by molar-refractivity contribution is 4.90. The molecule has 0 aromatic heterocycles. The third-order valence-corrected chi connectivity index (χ3v) is 3.42. The van der Waals surface area contributed by atoms with Crippen LogP contribution in [0.1, 0.15) is 26.7 Å². The van der Waals surface area contributed by atoms with Gasteiger partial charge in [0.05, 0.1) is 0 Å². The van der Waals surface area contributed by atoms with Crippen molar-refractivity contribution >= 4 is 0 Å². The van der Waals surface area contributed by atoms with E-state index in [4.69, 9.17) is 0 Å². The minimum absolute atomic E-state index is 0.791. The van der Waals surface area contributed by atoms with Crippen molar-refractivity contribution in [3.63, 3.8) is 0 Å². The molecule has 0 aromatic rings. The van der Waals surface area contributed by atoms with Gasteiger partial charge in [-0.1, -0.05) is 13.8 Å². The molecule has 2 fully saturated rings. The molecule has 0 amide bonds. The van der Waals surface area contributed by atoms with E-state index in [9.17, 15) is 0 Å². The Morgan fingerprint density at radius 3 is 2.85 bits per heavy atom. The Labute approximate surface area is 81.7 Å². The number of fused-ring (bicyclic) bond motifs is 2. The van der Waals surface area contributed by atoms with Gasteiger partial charge in [0.2, 0.25) is 0 Å². The monoisotopic (exact) mass is 182 g/mol. The Morgan fingerprint density at radius 2 is 2.08 bits per heavy atom. The first kappa shape index (κ1) is 9.47. The maximum Gasteiger partial charge on any atom is 0.0120 e. The summed E-state index contributed by atoms with van der Waals surface area (Å²) in [5.41, 5.74) is 0. The number of piperidine rings is 1. The van der Waals surface area contributed by atoms with Crippen molar-refractivity contribution in [1.82, 2.24) is 10.2 Å². The van der Waals surface area contributed by atoms with Crippen molar-refractivity contribution in [1.29, 1.82) is 0 Å². The van der Waals surface area contributed by atoms with Crippen LogP contribution in [-0.4, -0.2) is 37.1 Å². The second-order valence-corrected chi connectivity index (χ2v) is 5.05. The van der Waals surface area contributed by atoms with Crippen LogP contribution in [-0.2, 0) is 0 Å². The van der Waals surface area contributed by atoms with Gasteiger partial charge in [-0.25, -0.2) is 0 Å². The number of hydrogen-bond acceptors (Lipinski definition) is 2. The highest BCUT2D eigenvalue weighted by Crippen LogP contribution is 2.26. The van der Waals surface area contributed by atoms with Gasteiger partial charge in [-0.15, -0.1) is 0 Å². The van der Waals surface area contributed by atoms with E-state index < -0.39 is 0 Å². The molecule has 2 bridgehead atoms. The number of nitrogens with zero attached hydrogens (tertiary/aromatic N) is 1. The molecule has 0 saturated carbocycles. The average molecular weight is 182 g/mol. The molecule has 2 aliphatic rings. The Morgan fingerprint density at radius 1 is 1.31 bits per heavy atom. The lowest BCUT2D eigenvalue weighted by Crippen LogP contribution is -2.44. The van der Waals surface area contributed by atoms with Crippen molar-refractivity contribution in [2.75, 3.05) is 26.2 Å². The van der Waals surface area contributed by atoms with E-state index in [1.807, 2.05) is 0 Å². The quantitative estimate of drug-likeness (QED) is 0.708. The predicted octanol–water partition coefficient (Wildman–Crippen LogP) is 1.33. The fraction of sp³-hybridized carbons (Fsp3) is 1.00. The summed E-state index contributed by atoms with van der Waals surface area (Å²) in [6.45, 7) is 9.81. The Balaban J connectivity index is 1.79. The minimum atomic E-state index is 0.791. The molecule has 2 aliphatic heterocycles. The summed E-state index contributed by atoms with van der Waals surface area (Å²) in [4.78, 5) is 2.61. The molecular weight excluding hydrogens is 160 g/mol. The second kappa shape index (κ2) is 3.97. The lowest BCUT2D eigenvalue weighted by atomic mass is 9.94. The van der Waals surface area contributed by atoms with Crippen molar-refractivity contribution in [3.8, 4) is 0 Å². The zero-order chi connectivity index (χ0) is 9.26. The molecule has 0 aliphatic carbocycles. The molecule has 0 aromatic carbocycles. The second-order valence-electron chi connectivity index (χ2n) is 5.05. The summed E-state index contributed by atoms with van der Waals surface area (Å²) in [5, 5.41) is 3.72. The van der Waals surface area contributed by atoms with Crippen LogP contribution in [0.2, 0.25) is 0 Å². The first-order valence-corrected chi connectivity index (χ1v) is 5.71. The topological polar surface area (TPSA) is 15.3 Å². The standard InChI is InChI=1S/C11H22N2/c1-9(2)7-12-11-4-6-13-5-3-10(11)8-13/h9-12H,3-8H2,1-2H3. The summed E-state index contributed by atoms with van der Waals surface area (Å²) in [6, 6.07) is 0.821. The van der Waals surface area contributed by atoms with E-state index in [2.05, 4.69) is 24.1 Å². The predicted molar refractivity (Wildman–Crippen MR) is 55.8 cm³/mol. The minimum Gasteiger partial charge on any atom is -0.313 e. The molecule has 13 heavy (non-hydrogen) atoms. The van der Waals surface area contributed by atoms with Crippen LogP contribution in [0.4, 0.5) is 0 Å². The van der Waals surface area contributed by atoms with Crippen molar-refractivity contribution in [2.24, 2.45) is 11.8 Å². The smallest absolute Gasteiger partial charge is 0.0120 e. The summed E-state index contributed by atoms with van der Waals surface area (Å²) in [7, 11) is 0. The van der Waals surface area contributed by atoms with Crippen molar-refractivity contribution < 1.29 is 0 Å². The molecule has 0 spiro atoms.